The Bertz CT molecular complexity index is 398. The third-order valence-corrected chi connectivity index (χ3v) is 5.21. The van der Waals surface area contributed by atoms with E-state index in [0.29, 0.717) is 13.0 Å². The molecule has 0 atom stereocenters. The Morgan fingerprint density at radius 2 is 1.86 bits per heavy atom. The van der Waals surface area contributed by atoms with Crippen molar-refractivity contribution in [3.63, 3.8) is 0 Å². The van der Waals surface area contributed by atoms with E-state index >= 15 is 0 Å². The number of hydrogen-bond acceptors (Lipinski definition) is 5. The number of carbonyl (C=O) groups is 1. The lowest BCUT2D eigenvalue weighted by Gasteiger charge is -2.27. The number of halogens is 1. The molecular weight excluding hydrogens is 326 g/mol. The van der Waals surface area contributed by atoms with Crippen LogP contribution >= 0.6 is 12.4 Å². The number of nitrogens with zero attached hydrogens (tertiary/aromatic N) is 1. The van der Waals surface area contributed by atoms with Gasteiger partial charge < -0.3 is 15.5 Å². The topological polar surface area (TPSA) is 78.5 Å². The summed E-state index contributed by atoms with van der Waals surface area (Å²) in [6, 6.07) is 0. The number of rotatable bonds is 10. The second kappa shape index (κ2) is 12.1. The fraction of sp³-hybridized carbons (Fsp3) is 0.929. The Hall–Kier alpha value is -0.370. The van der Waals surface area contributed by atoms with Crippen molar-refractivity contribution in [3.8, 4) is 0 Å². The average Bonchev–Trinajstić information content (AvgIpc) is 2.44. The van der Waals surface area contributed by atoms with E-state index < -0.39 is 9.84 Å². The molecule has 1 aliphatic heterocycles. The highest BCUT2D eigenvalue weighted by molar-refractivity contribution is 7.92. The second-order valence-electron chi connectivity index (χ2n) is 5.59. The van der Waals surface area contributed by atoms with Crippen LogP contribution in [0, 0.1) is 0 Å². The molecular formula is C14H30ClN3O3S. The molecule has 6 nitrogen and oxygen atoms in total. The van der Waals surface area contributed by atoms with Crippen molar-refractivity contribution >= 4 is 28.2 Å². The average molecular weight is 356 g/mol. The number of carbonyl (C=O) groups excluding carboxylic acids is 1. The number of piperazine rings is 1. The molecule has 2 N–H and O–H groups in total. The van der Waals surface area contributed by atoms with Gasteiger partial charge in [-0.25, -0.2) is 8.42 Å². The standard InChI is InChI=1S/C14H29N3O3S.ClH/c1-2-3-4-12-21(19,20)13-14(18)16-6-5-9-17-10-7-15-8-11-17;/h15H,2-13H2,1H3,(H,16,18);1H. The quantitative estimate of drug-likeness (QED) is 0.555. The minimum atomic E-state index is -3.24. The molecule has 0 aromatic carbocycles. The highest BCUT2D eigenvalue weighted by Gasteiger charge is 2.16. The normalized spacial score (nSPS) is 16.0. The van der Waals surface area contributed by atoms with Crippen LogP contribution in [0.4, 0.5) is 0 Å². The fourth-order valence-electron chi connectivity index (χ4n) is 2.36. The van der Waals surface area contributed by atoms with Crippen LogP contribution in [0.25, 0.3) is 0 Å². The van der Waals surface area contributed by atoms with Crippen LogP contribution in [0.1, 0.15) is 32.6 Å². The molecule has 1 amide bonds. The SMILES string of the molecule is CCCCCS(=O)(=O)CC(=O)NCCCN1CCNCC1.Cl. The van der Waals surface area contributed by atoms with Gasteiger partial charge in [-0.05, 0) is 19.4 Å². The minimum Gasteiger partial charge on any atom is -0.355 e. The van der Waals surface area contributed by atoms with Gasteiger partial charge in [0.1, 0.15) is 5.75 Å². The molecule has 0 aliphatic carbocycles. The molecule has 0 unspecified atom stereocenters. The first-order valence-electron chi connectivity index (χ1n) is 7.93. The van der Waals surface area contributed by atoms with E-state index in [1.165, 1.54) is 0 Å². The predicted octanol–water partition coefficient (Wildman–Crippen LogP) is 0.425. The van der Waals surface area contributed by atoms with Crippen LogP contribution in [-0.4, -0.2) is 70.0 Å². The van der Waals surface area contributed by atoms with Crippen molar-refractivity contribution in [3.05, 3.63) is 0 Å². The molecule has 0 spiro atoms. The van der Waals surface area contributed by atoms with Crippen LogP contribution in [0.2, 0.25) is 0 Å². The maximum atomic E-state index is 11.7. The van der Waals surface area contributed by atoms with Crippen LogP contribution in [0.3, 0.4) is 0 Å². The van der Waals surface area contributed by atoms with E-state index in [4.69, 9.17) is 0 Å². The molecule has 0 bridgehead atoms. The van der Waals surface area contributed by atoms with E-state index in [9.17, 15) is 13.2 Å². The van der Waals surface area contributed by atoms with Gasteiger partial charge in [0.2, 0.25) is 5.91 Å². The van der Waals surface area contributed by atoms with E-state index in [1.807, 2.05) is 6.92 Å². The Labute approximate surface area is 140 Å². The molecule has 1 saturated heterocycles. The summed E-state index contributed by atoms with van der Waals surface area (Å²) in [5.74, 6) is -0.619. The highest BCUT2D eigenvalue weighted by atomic mass is 35.5. The zero-order chi connectivity index (χ0) is 15.6. The Balaban J connectivity index is 0.00000441. The maximum absolute atomic E-state index is 11.7. The largest absolute Gasteiger partial charge is 0.355 e. The van der Waals surface area contributed by atoms with E-state index in [0.717, 1.165) is 52.0 Å². The summed E-state index contributed by atoms with van der Waals surface area (Å²) in [6.45, 7) is 7.64. The maximum Gasteiger partial charge on any atom is 0.235 e. The van der Waals surface area contributed by atoms with Crippen LogP contribution < -0.4 is 10.6 Å². The molecule has 1 aliphatic rings. The lowest BCUT2D eigenvalue weighted by atomic mass is 10.3. The predicted molar refractivity (Wildman–Crippen MR) is 92.4 cm³/mol. The van der Waals surface area contributed by atoms with Gasteiger partial charge in [-0.2, -0.15) is 0 Å². The lowest BCUT2D eigenvalue weighted by Crippen LogP contribution is -2.44. The van der Waals surface area contributed by atoms with E-state index in [-0.39, 0.29) is 29.8 Å². The van der Waals surface area contributed by atoms with Gasteiger partial charge in [0.15, 0.2) is 9.84 Å². The van der Waals surface area contributed by atoms with E-state index in [1.54, 1.807) is 0 Å². The third kappa shape index (κ3) is 10.4. The number of sulfone groups is 1. The molecule has 0 aromatic rings. The zero-order valence-electron chi connectivity index (χ0n) is 13.5. The molecule has 8 heteroatoms. The summed E-state index contributed by atoms with van der Waals surface area (Å²) in [6.07, 6.45) is 3.38. The Kier molecular flexibility index (Phi) is 11.9. The first-order valence-corrected chi connectivity index (χ1v) is 9.76. The van der Waals surface area contributed by atoms with Crippen molar-refractivity contribution in [2.45, 2.75) is 32.6 Å². The van der Waals surface area contributed by atoms with Crippen molar-refractivity contribution in [1.82, 2.24) is 15.5 Å². The van der Waals surface area contributed by atoms with Crippen molar-refractivity contribution in [2.24, 2.45) is 0 Å². The summed E-state index contributed by atoms with van der Waals surface area (Å²) in [5, 5.41) is 6.00. The summed E-state index contributed by atoms with van der Waals surface area (Å²) in [4.78, 5) is 14.0. The molecule has 1 fully saturated rings. The molecule has 0 aromatic heterocycles. The van der Waals surface area contributed by atoms with Gasteiger partial charge >= 0.3 is 0 Å². The van der Waals surface area contributed by atoms with Gasteiger partial charge in [0.05, 0.1) is 5.75 Å². The zero-order valence-corrected chi connectivity index (χ0v) is 15.1. The molecule has 132 valence electrons. The van der Waals surface area contributed by atoms with Gasteiger partial charge in [-0.3, -0.25) is 4.79 Å². The van der Waals surface area contributed by atoms with Gasteiger partial charge in [0.25, 0.3) is 0 Å². The van der Waals surface area contributed by atoms with Crippen LogP contribution in [-0.2, 0) is 14.6 Å². The van der Waals surface area contributed by atoms with Crippen molar-refractivity contribution in [2.75, 3.05) is 50.8 Å². The third-order valence-electron chi connectivity index (χ3n) is 3.59. The van der Waals surface area contributed by atoms with Gasteiger partial charge in [-0.15, -0.1) is 12.4 Å². The van der Waals surface area contributed by atoms with Crippen molar-refractivity contribution in [1.29, 1.82) is 0 Å². The Morgan fingerprint density at radius 3 is 2.50 bits per heavy atom. The smallest absolute Gasteiger partial charge is 0.235 e. The summed E-state index contributed by atoms with van der Waals surface area (Å²) in [5.41, 5.74) is 0. The fourth-order valence-corrected chi connectivity index (χ4v) is 3.65. The monoisotopic (exact) mass is 355 g/mol. The molecule has 22 heavy (non-hydrogen) atoms. The van der Waals surface area contributed by atoms with Gasteiger partial charge in [0, 0.05) is 32.7 Å². The van der Waals surface area contributed by atoms with Gasteiger partial charge in [-0.1, -0.05) is 19.8 Å². The Morgan fingerprint density at radius 1 is 1.18 bits per heavy atom. The first-order chi connectivity index (χ1) is 10.0. The number of amides is 1. The van der Waals surface area contributed by atoms with E-state index in [2.05, 4.69) is 15.5 Å². The lowest BCUT2D eigenvalue weighted by molar-refractivity contribution is -0.118. The van der Waals surface area contributed by atoms with Crippen LogP contribution in [0.15, 0.2) is 0 Å². The first kappa shape index (κ1) is 21.6. The van der Waals surface area contributed by atoms with Crippen molar-refractivity contribution < 1.29 is 13.2 Å². The molecule has 0 radical (unpaired) electrons. The molecule has 0 saturated carbocycles. The summed E-state index contributed by atoms with van der Waals surface area (Å²) < 4.78 is 23.4. The molecule has 1 heterocycles. The highest BCUT2D eigenvalue weighted by Crippen LogP contribution is 2.00. The number of nitrogens with one attached hydrogen (secondary N) is 2. The summed E-state index contributed by atoms with van der Waals surface area (Å²) in [7, 11) is -3.24. The van der Waals surface area contributed by atoms with Crippen LogP contribution in [0.5, 0.6) is 0 Å². The number of hydrogen-bond donors (Lipinski definition) is 2. The number of unbranched alkanes of at least 4 members (excludes halogenated alkanes) is 2. The summed E-state index contributed by atoms with van der Waals surface area (Å²) >= 11 is 0. The second-order valence-corrected chi connectivity index (χ2v) is 7.78. The minimum absolute atomic E-state index is 0. The molecule has 1 rings (SSSR count).